The van der Waals surface area contributed by atoms with Gasteiger partial charge in [0.05, 0.1) is 11.7 Å². The Morgan fingerprint density at radius 3 is 3.07 bits per heavy atom. The molecule has 0 aromatic carbocycles. The second-order valence-electron chi connectivity index (χ2n) is 2.92. The molecule has 15 heavy (non-hydrogen) atoms. The lowest BCUT2D eigenvalue weighted by molar-refractivity contribution is 0.918. The van der Waals surface area contributed by atoms with E-state index >= 15 is 0 Å². The molecule has 0 amide bonds. The van der Waals surface area contributed by atoms with E-state index in [2.05, 4.69) is 20.3 Å². The fourth-order valence-electron chi connectivity index (χ4n) is 1.36. The molecule has 3 rings (SSSR count). The summed E-state index contributed by atoms with van der Waals surface area (Å²) < 4.78 is 1.71. The molecule has 2 N–H and O–H groups in total. The van der Waals surface area contributed by atoms with Crippen LogP contribution in [0, 0.1) is 0 Å². The fourth-order valence-corrected chi connectivity index (χ4v) is 1.92. The van der Waals surface area contributed by atoms with Crippen LogP contribution in [0.4, 0.5) is 5.95 Å². The summed E-state index contributed by atoms with van der Waals surface area (Å²) in [7, 11) is 0. The Labute approximate surface area is 88.4 Å². The minimum Gasteiger partial charge on any atom is -0.367 e. The number of anilines is 1. The molecule has 0 aliphatic carbocycles. The quantitative estimate of drug-likeness (QED) is 0.654. The molecule has 7 heteroatoms. The van der Waals surface area contributed by atoms with Gasteiger partial charge in [-0.2, -0.15) is 0 Å². The maximum atomic E-state index is 5.53. The van der Waals surface area contributed by atoms with E-state index in [0.29, 0.717) is 0 Å². The predicted molar refractivity (Wildman–Crippen MR) is 56.3 cm³/mol. The molecule has 74 valence electrons. The van der Waals surface area contributed by atoms with Gasteiger partial charge in [0.25, 0.3) is 0 Å². The topological polar surface area (TPSA) is 82.0 Å². The normalized spacial score (nSPS) is 10.9. The van der Waals surface area contributed by atoms with Crippen LogP contribution in [-0.2, 0) is 0 Å². The van der Waals surface area contributed by atoms with Gasteiger partial charge in [-0.1, -0.05) is 11.3 Å². The van der Waals surface area contributed by atoms with E-state index in [-0.39, 0.29) is 5.95 Å². The Balaban J connectivity index is 2.32. The van der Waals surface area contributed by atoms with Crippen LogP contribution < -0.4 is 5.73 Å². The van der Waals surface area contributed by atoms with Crippen molar-refractivity contribution in [1.82, 2.24) is 24.8 Å². The molecule has 0 unspecified atom stereocenters. The van der Waals surface area contributed by atoms with E-state index in [1.54, 1.807) is 16.2 Å². The summed E-state index contributed by atoms with van der Waals surface area (Å²) in [5.74, 6) is 0.240. The molecule has 0 spiro atoms. The van der Waals surface area contributed by atoms with Crippen LogP contribution >= 0.6 is 11.3 Å². The molecule has 0 radical (unpaired) electrons. The zero-order valence-electron chi connectivity index (χ0n) is 7.53. The first kappa shape index (κ1) is 8.30. The Morgan fingerprint density at radius 2 is 2.27 bits per heavy atom. The third kappa shape index (κ3) is 1.24. The van der Waals surface area contributed by atoms with E-state index < -0.39 is 0 Å². The number of fused-ring (bicyclic) bond motifs is 1. The lowest BCUT2D eigenvalue weighted by atomic mass is 10.4. The van der Waals surface area contributed by atoms with E-state index in [0.717, 1.165) is 16.2 Å². The summed E-state index contributed by atoms with van der Waals surface area (Å²) in [6.07, 6.45) is 1.67. The van der Waals surface area contributed by atoms with Gasteiger partial charge >= 0.3 is 0 Å². The van der Waals surface area contributed by atoms with Crippen LogP contribution in [-0.4, -0.2) is 24.8 Å². The van der Waals surface area contributed by atoms with Crippen molar-refractivity contribution in [2.45, 2.75) is 0 Å². The van der Waals surface area contributed by atoms with Crippen molar-refractivity contribution in [2.75, 3.05) is 5.73 Å². The molecule has 3 heterocycles. The van der Waals surface area contributed by atoms with Gasteiger partial charge in [-0.05, 0) is 12.1 Å². The summed E-state index contributed by atoms with van der Waals surface area (Å²) in [4.78, 5) is 3.92. The highest BCUT2D eigenvalue weighted by atomic mass is 32.1. The van der Waals surface area contributed by atoms with Crippen LogP contribution in [0.1, 0.15) is 0 Å². The van der Waals surface area contributed by atoms with Gasteiger partial charge in [-0.3, -0.25) is 0 Å². The highest BCUT2D eigenvalue weighted by Crippen LogP contribution is 2.22. The van der Waals surface area contributed by atoms with Crippen molar-refractivity contribution in [1.29, 1.82) is 0 Å². The molecule has 0 atom stereocenters. The maximum Gasteiger partial charge on any atom is 0.238 e. The van der Waals surface area contributed by atoms with Crippen molar-refractivity contribution in [2.24, 2.45) is 0 Å². The Morgan fingerprint density at radius 1 is 1.33 bits per heavy atom. The SMILES string of the molecule is Nc1ncc2ccc(-c3nncs3)n2n1. The molecule has 0 aliphatic heterocycles. The molecule has 0 bridgehead atoms. The van der Waals surface area contributed by atoms with Gasteiger partial charge in [0, 0.05) is 0 Å². The molecule has 0 saturated heterocycles. The smallest absolute Gasteiger partial charge is 0.238 e. The number of hydrogen-bond acceptors (Lipinski definition) is 6. The van der Waals surface area contributed by atoms with Gasteiger partial charge in [-0.25, -0.2) is 9.50 Å². The van der Waals surface area contributed by atoms with Crippen molar-refractivity contribution >= 4 is 22.8 Å². The van der Waals surface area contributed by atoms with E-state index in [9.17, 15) is 0 Å². The summed E-state index contributed by atoms with van der Waals surface area (Å²) in [6.45, 7) is 0. The van der Waals surface area contributed by atoms with Crippen LogP contribution in [0.2, 0.25) is 0 Å². The molecule has 3 aromatic heterocycles. The van der Waals surface area contributed by atoms with Crippen LogP contribution in [0.15, 0.2) is 23.8 Å². The minimum absolute atomic E-state index is 0.240. The molecule has 0 fully saturated rings. The largest absolute Gasteiger partial charge is 0.367 e. The molecule has 6 nitrogen and oxygen atoms in total. The van der Waals surface area contributed by atoms with Crippen LogP contribution in [0.25, 0.3) is 16.2 Å². The lowest BCUT2D eigenvalue weighted by Crippen LogP contribution is -2.01. The monoisotopic (exact) mass is 218 g/mol. The second kappa shape index (κ2) is 2.99. The van der Waals surface area contributed by atoms with Crippen molar-refractivity contribution in [3.05, 3.63) is 23.8 Å². The molecule has 0 aliphatic rings. The minimum atomic E-state index is 0.240. The molecule has 3 aromatic rings. The van der Waals surface area contributed by atoms with Crippen molar-refractivity contribution in [3.8, 4) is 10.7 Å². The first-order valence-electron chi connectivity index (χ1n) is 4.21. The third-order valence-corrected chi connectivity index (χ3v) is 2.71. The van der Waals surface area contributed by atoms with E-state index in [4.69, 9.17) is 5.73 Å². The molecular weight excluding hydrogens is 212 g/mol. The standard InChI is InChI=1S/C8H6N6S/c9-8-10-3-5-1-2-6(14(5)13-8)7-12-11-4-15-7/h1-4H,(H2,9,13). The van der Waals surface area contributed by atoms with E-state index in [1.807, 2.05) is 12.1 Å². The number of nitrogens with two attached hydrogens (primary N) is 1. The first-order valence-corrected chi connectivity index (χ1v) is 5.09. The highest BCUT2D eigenvalue weighted by molar-refractivity contribution is 7.12. The van der Waals surface area contributed by atoms with Gasteiger partial charge in [0.15, 0.2) is 5.01 Å². The lowest BCUT2D eigenvalue weighted by Gasteiger charge is -1.97. The maximum absolute atomic E-state index is 5.53. The predicted octanol–water partition coefficient (Wildman–Crippen LogP) is 0.830. The number of aromatic nitrogens is 5. The average molecular weight is 218 g/mol. The van der Waals surface area contributed by atoms with Crippen LogP contribution in [0.3, 0.4) is 0 Å². The number of nitrogen functional groups attached to an aromatic ring is 1. The van der Waals surface area contributed by atoms with Gasteiger partial charge in [0.1, 0.15) is 11.2 Å². The zero-order valence-corrected chi connectivity index (χ0v) is 8.35. The third-order valence-electron chi connectivity index (χ3n) is 2.00. The van der Waals surface area contributed by atoms with Gasteiger partial charge in [0.2, 0.25) is 5.95 Å². The number of rotatable bonds is 1. The van der Waals surface area contributed by atoms with E-state index in [1.165, 1.54) is 11.3 Å². The van der Waals surface area contributed by atoms with Crippen LogP contribution in [0.5, 0.6) is 0 Å². The number of hydrogen-bond donors (Lipinski definition) is 1. The number of nitrogens with zero attached hydrogens (tertiary/aromatic N) is 5. The summed E-state index contributed by atoms with van der Waals surface area (Å²) >= 11 is 1.46. The molecular formula is C8H6N6S. The molecule has 0 saturated carbocycles. The Kier molecular flexibility index (Phi) is 1.65. The van der Waals surface area contributed by atoms with Gasteiger partial charge in [-0.15, -0.1) is 15.3 Å². The summed E-state index contributed by atoms with van der Waals surface area (Å²) in [6, 6.07) is 3.83. The first-order chi connectivity index (χ1) is 7.34. The van der Waals surface area contributed by atoms with Gasteiger partial charge < -0.3 is 5.73 Å². The Hall–Kier alpha value is -2.02. The zero-order chi connectivity index (χ0) is 10.3. The fraction of sp³-hybridized carbons (Fsp3) is 0. The summed E-state index contributed by atoms with van der Waals surface area (Å²) in [5, 5.41) is 12.7. The second-order valence-corrected chi connectivity index (χ2v) is 3.75. The Bertz CT molecular complexity index is 599. The highest BCUT2D eigenvalue weighted by Gasteiger charge is 2.08. The summed E-state index contributed by atoms with van der Waals surface area (Å²) in [5.41, 5.74) is 8.97. The average Bonchev–Trinajstić information content (AvgIpc) is 2.83. The van der Waals surface area contributed by atoms with Crippen molar-refractivity contribution in [3.63, 3.8) is 0 Å². The van der Waals surface area contributed by atoms with Crippen molar-refractivity contribution < 1.29 is 0 Å².